The molecular formula is C15H25N3O. The molecule has 1 aliphatic rings. The Morgan fingerprint density at radius 2 is 2.11 bits per heavy atom. The lowest BCUT2D eigenvalue weighted by Crippen LogP contribution is -2.44. The van der Waals surface area contributed by atoms with Crippen LogP contribution in [0.2, 0.25) is 0 Å². The number of ether oxygens (including phenoxy) is 1. The average Bonchev–Trinajstić information content (AvgIpc) is 2.45. The lowest BCUT2D eigenvalue weighted by atomic mass is 10.1. The quantitative estimate of drug-likeness (QED) is 0.764. The van der Waals surface area contributed by atoms with E-state index in [0.29, 0.717) is 0 Å². The molecule has 0 aliphatic carbocycles. The molecule has 4 nitrogen and oxygen atoms in total. The Morgan fingerprint density at radius 3 is 2.79 bits per heavy atom. The molecule has 106 valence electrons. The van der Waals surface area contributed by atoms with E-state index in [1.54, 1.807) is 0 Å². The van der Waals surface area contributed by atoms with Crippen LogP contribution in [-0.4, -0.2) is 44.2 Å². The van der Waals surface area contributed by atoms with Crippen molar-refractivity contribution in [2.75, 3.05) is 45.1 Å². The lowest BCUT2D eigenvalue weighted by molar-refractivity contribution is 0.244. The van der Waals surface area contributed by atoms with Gasteiger partial charge in [-0.2, -0.15) is 0 Å². The maximum Gasteiger partial charge on any atom is 0.142 e. The molecule has 0 bridgehead atoms. The Balaban J connectivity index is 1.84. The van der Waals surface area contributed by atoms with Gasteiger partial charge in [0.15, 0.2) is 0 Å². The molecule has 1 aromatic carbocycles. The summed E-state index contributed by atoms with van der Waals surface area (Å²) in [6.45, 7) is 8.43. The van der Waals surface area contributed by atoms with Crippen LogP contribution in [0.15, 0.2) is 18.2 Å². The van der Waals surface area contributed by atoms with Crippen molar-refractivity contribution in [3.8, 4) is 5.75 Å². The minimum absolute atomic E-state index is 0.727. The van der Waals surface area contributed by atoms with Gasteiger partial charge in [0.25, 0.3) is 0 Å². The maximum absolute atomic E-state index is 6.02. The average molecular weight is 263 g/mol. The molecular weight excluding hydrogens is 238 g/mol. The first-order valence-corrected chi connectivity index (χ1v) is 7.24. The fourth-order valence-electron chi connectivity index (χ4n) is 2.32. The number of benzene rings is 1. The molecule has 0 aromatic heterocycles. The van der Waals surface area contributed by atoms with Gasteiger partial charge in [-0.3, -0.25) is 0 Å². The monoisotopic (exact) mass is 263 g/mol. The van der Waals surface area contributed by atoms with Crippen LogP contribution in [0.1, 0.15) is 18.9 Å². The molecule has 0 atom stereocenters. The van der Waals surface area contributed by atoms with Gasteiger partial charge in [-0.05, 0) is 30.5 Å². The number of piperazine rings is 1. The molecule has 0 unspecified atom stereocenters. The number of nitrogens with two attached hydrogens (primary N) is 1. The fourth-order valence-corrected chi connectivity index (χ4v) is 2.32. The first-order valence-electron chi connectivity index (χ1n) is 7.24. The first-order chi connectivity index (χ1) is 9.29. The van der Waals surface area contributed by atoms with E-state index in [-0.39, 0.29) is 0 Å². The molecule has 4 heteroatoms. The van der Waals surface area contributed by atoms with Crippen molar-refractivity contribution in [3.05, 3.63) is 23.8 Å². The van der Waals surface area contributed by atoms with Gasteiger partial charge < -0.3 is 20.7 Å². The standard InChI is InChI=1S/C15H25N3O/c1-2-11-19-15-4-3-13(12-14(15)16)5-8-18-9-6-17-7-10-18/h3-4,12,17H,2,5-11,16H2,1H3. The summed E-state index contributed by atoms with van der Waals surface area (Å²) >= 11 is 0. The van der Waals surface area contributed by atoms with Crippen molar-refractivity contribution in [2.45, 2.75) is 19.8 Å². The van der Waals surface area contributed by atoms with Crippen LogP contribution in [0.4, 0.5) is 5.69 Å². The third kappa shape index (κ3) is 4.40. The van der Waals surface area contributed by atoms with Crippen LogP contribution >= 0.6 is 0 Å². The zero-order valence-electron chi connectivity index (χ0n) is 11.8. The first kappa shape index (κ1) is 14.2. The van der Waals surface area contributed by atoms with E-state index in [1.807, 2.05) is 12.1 Å². The number of rotatable bonds is 6. The maximum atomic E-state index is 6.02. The second-order valence-corrected chi connectivity index (χ2v) is 5.06. The van der Waals surface area contributed by atoms with Crippen molar-refractivity contribution < 1.29 is 4.74 Å². The highest BCUT2D eigenvalue weighted by atomic mass is 16.5. The summed E-state index contributed by atoms with van der Waals surface area (Å²) in [6, 6.07) is 6.18. The number of nitrogens with one attached hydrogen (secondary N) is 1. The van der Waals surface area contributed by atoms with Crippen molar-refractivity contribution in [3.63, 3.8) is 0 Å². The normalized spacial score (nSPS) is 16.5. The van der Waals surface area contributed by atoms with Gasteiger partial charge in [-0.1, -0.05) is 13.0 Å². The highest BCUT2D eigenvalue weighted by molar-refractivity contribution is 5.54. The summed E-state index contributed by atoms with van der Waals surface area (Å²) in [5.41, 5.74) is 8.07. The van der Waals surface area contributed by atoms with E-state index in [9.17, 15) is 0 Å². The smallest absolute Gasteiger partial charge is 0.142 e. The van der Waals surface area contributed by atoms with Gasteiger partial charge in [-0.15, -0.1) is 0 Å². The number of nitrogens with zero attached hydrogens (tertiary/aromatic N) is 1. The van der Waals surface area contributed by atoms with Crippen LogP contribution in [-0.2, 0) is 6.42 Å². The Morgan fingerprint density at radius 1 is 1.32 bits per heavy atom. The highest BCUT2D eigenvalue weighted by Crippen LogP contribution is 2.23. The van der Waals surface area contributed by atoms with Crippen LogP contribution in [0, 0.1) is 0 Å². The Kier molecular flexibility index (Phi) is 5.48. The van der Waals surface area contributed by atoms with E-state index in [1.165, 1.54) is 5.56 Å². The van der Waals surface area contributed by atoms with Gasteiger partial charge in [0.2, 0.25) is 0 Å². The molecule has 3 N–H and O–H groups in total. The summed E-state index contributed by atoms with van der Waals surface area (Å²) in [6.07, 6.45) is 2.06. The fraction of sp³-hybridized carbons (Fsp3) is 0.600. The summed E-state index contributed by atoms with van der Waals surface area (Å²) in [5.74, 6) is 0.813. The summed E-state index contributed by atoms with van der Waals surface area (Å²) < 4.78 is 5.59. The van der Waals surface area contributed by atoms with Gasteiger partial charge in [0.05, 0.1) is 12.3 Å². The predicted octanol–water partition coefficient (Wildman–Crippen LogP) is 1.51. The SMILES string of the molecule is CCCOc1ccc(CCN2CCNCC2)cc1N. The molecule has 1 heterocycles. The Labute approximate surface area is 115 Å². The number of nitrogen functional groups attached to an aromatic ring is 1. The van der Waals surface area contributed by atoms with Crippen molar-refractivity contribution in [1.29, 1.82) is 0 Å². The number of anilines is 1. The second-order valence-electron chi connectivity index (χ2n) is 5.06. The minimum Gasteiger partial charge on any atom is -0.491 e. The van der Waals surface area contributed by atoms with E-state index in [0.717, 1.165) is 63.6 Å². The zero-order chi connectivity index (χ0) is 13.5. The van der Waals surface area contributed by atoms with Gasteiger partial charge >= 0.3 is 0 Å². The number of hydrogen-bond acceptors (Lipinski definition) is 4. The Bertz CT molecular complexity index is 389. The second kappa shape index (κ2) is 7.36. The molecule has 1 aromatic rings. The van der Waals surface area contributed by atoms with Crippen LogP contribution < -0.4 is 15.8 Å². The third-order valence-corrected chi connectivity index (χ3v) is 3.46. The zero-order valence-corrected chi connectivity index (χ0v) is 11.8. The largest absolute Gasteiger partial charge is 0.491 e. The molecule has 0 spiro atoms. The topological polar surface area (TPSA) is 50.5 Å². The molecule has 0 saturated carbocycles. The molecule has 1 aliphatic heterocycles. The summed E-state index contributed by atoms with van der Waals surface area (Å²) in [4.78, 5) is 2.49. The van der Waals surface area contributed by atoms with Crippen molar-refractivity contribution in [1.82, 2.24) is 10.2 Å². The van der Waals surface area contributed by atoms with Gasteiger partial charge in [0, 0.05) is 32.7 Å². The van der Waals surface area contributed by atoms with E-state index in [2.05, 4.69) is 23.2 Å². The lowest BCUT2D eigenvalue weighted by Gasteiger charge is -2.27. The molecule has 19 heavy (non-hydrogen) atoms. The molecule has 1 fully saturated rings. The molecule has 0 radical (unpaired) electrons. The van der Waals surface area contributed by atoms with Gasteiger partial charge in [0.1, 0.15) is 5.75 Å². The van der Waals surface area contributed by atoms with Crippen LogP contribution in [0.25, 0.3) is 0 Å². The van der Waals surface area contributed by atoms with Crippen LogP contribution in [0.5, 0.6) is 5.75 Å². The van der Waals surface area contributed by atoms with Crippen molar-refractivity contribution in [2.24, 2.45) is 0 Å². The number of hydrogen-bond donors (Lipinski definition) is 2. The van der Waals surface area contributed by atoms with Crippen molar-refractivity contribution >= 4 is 5.69 Å². The van der Waals surface area contributed by atoms with Crippen LogP contribution in [0.3, 0.4) is 0 Å². The molecule has 1 saturated heterocycles. The summed E-state index contributed by atoms with van der Waals surface area (Å²) in [7, 11) is 0. The Hall–Kier alpha value is -1.26. The summed E-state index contributed by atoms with van der Waals surface area (Å²) in [5, 5.41) is 3.37. The minimum atomic E-state index is 0.727. The van der Waals surface area contributed by atoms with E-state index < -0.39 is 0 Å². The third-order valence-electron chi connectivity index (χ3n) is 3.46. The van der Waals surface area contributed by atoms with E-state index >= 15 is 0 Å². The highest BCUT2D eigenvalue weighted by Gasteiger charge is 2.09. The van der Waals surface area contributed by atoms with E-state index in [4.69, 9.17) is 10.5 Å². The van der Waals surface area contributed by atoms with Gasteiger partial charge in [-0.25, -0.2) is 0 Å². The molecule has 2 rings (SSSR count). The predicted molar refractivity (Wildman–Crippen MR) is 79.7 cm³/mol. The molecule has 0 amide bonds.